The van der Waals surface area contributed by atoms with Crippen molar-refractivity contribution in [3.63, 3.8) is 0 Å². The molecule has 1 atom stereocenters. The SMILES string of the molecule is C=CC(=O)O.CCO[PH](=O)O. The fraction of sp³-hybridized carbons (Fsp3) is 0.400. The van der Waals surface area contributed by atoms with Crippen molar-refractivity contribution < 1.29 is 23.9 Å². The molecule has 0 saturated heterocycles. The lowest BCUT2D eigenvalue weighted by atomic mass is 10.7. The second-order valence-corrected chi connectivity index (χ2v) is 2.06. The van der Waals surface area contributed by atoms with Crippen LogP contribution in [0.2, 0.25) is 0 Å². The third-order valence-electron chi connectivity index (χ3n) is 0.442. The molecule has 0 aromatic rings. The van der Waals surface area contributed by atoms with Crippen LogP contribution in [-0.4, -0.2) is 22.6 Å². The maximum Gasteiger partial charge on any atom is 0.327 e. The third kappa shape index (κ3) is 26.7. The summed E-state index contributed by atoms with van der Waals surface area (Å²) in [6.45, 7) is 4.94. The van der Waals surface area contributed by atoms with Crippen molar-refractivity contribution in [2.24, 2.45) is 0 Å². The largest absolute Gasteiger partial charge is 0.478 e. The van der Waals surface area contributed by atoms with Gasteiger partial charge < -0.3 is 14.5 Å². The molecule has 11 heavy (non-hydrogen) atoms. The van der Waals surface area contributed by atoms with E-state index in [-0.39, 0.29) is 0 Å². The van der Waals surface area contributed by atoms with E-state index >= 15 is 0 Å². The Hall–Kier alpha value is -0.640. The fourth-order valence-electron chi connectivity index (χ4n) is 0.123. The molecule has 0 bridgehead atoms. The Kier molecular flexibility index (Phi) is 11.1. The molecule has 0 aliphatic rings. The van der Waals surface area contributed by atoms with Crippen LogP contribution in [0.25, 0.3) is 0 Å². The van der Waals surface area contributed by atoms with Crippen LogP contribution < -0.4 is 0 Å². The van der Waals surface area contributed by atoms with E-state index in [4.69, 9.17) is 10.00 Å². The predicted octanol–water partition coefficient (Wildman–Crippen LogP) is 0.662. The summed E-state index contributed by atoms with van der Waals surface area (Å²) in [7, 11) is -2.64. The van der Waals surface area contributed by atoms with E-state index in [0.717, 1.165) is 6.08 Å². The number of carboxylic acids is 1. The van der Waals surface area contributed by atoms with Crippen LogP contribution in [0.1, 0.15) is 6.92 Å². The van der Waals surface area contributed by atoms with Crippen molar-refractivity contribution in [1.29, 1.82) is 0 Å². The molecule has 0 aliphatic carbocycles. The zero-order chi connectivity index (χ0) is 9.28. The molecule has 1 unspecified atom stereocenters. The number of hydrogen-bond donors (Lipinski definition) is 2. The molecule has 0 amide bonds. The number of carbonyl (C=O) groups is 1. The van der Waals surface area contributed by atoms with Gasteiger partial charge in [-0.15, -0.1) is 0 Å². The molecular formula is C5H11O5P. The number of rotatable bonds is 3. The van der Waals surface area contributed by atoms with E-state index in [0.29, 0.717) is 6.61 Å². The van der Waals surface area contributed by atoms with Gasteiger partial charge in [-0.25, -0.2) is 4.79 Å². The second-order valence-electron chi connectivity index (χ2n) is 1.24. The van der Waals surface area contributed by atoms with Gasteiger partial charge in [0, 0.05) is 6.08 Å². The lowest BCUT2D eigenvalue weighted by Gasteiger charge is -1.86. The maximum atomic E-state index is 9.56. The highest BCUT2D eigenvalue weighted by molar-refractivity contribution is 7.32. The number of hydrogen-bond acceptors (Lipinski definition) is 3. The molecule has 0 fully saturated rings. The van der Waals surface area contributed by atoms with Crippen LogP contribution in [0.5, 0.6) is 0 Å². The maximum absolute atomic E-state index is 9.56. The summed E-state index contributed by atoms with van der Waals surface area (Å²) in [5.74, 6) is -0.981. The molecule has 0 aromatic heterocycles. The van der Waals surface area contributed by atoms with E-state index < -0.39 is 14.2 Å². The zero-order valence-electron chi connectivity index (χ0n) is 6.11. The third-order valence-corrected chi connectivity index (χ3v) is 0.978. The van der Waals surface area contributed by atoms with Crippen LogP contribution >= 0.6 is 8.25 Å². The number of carboxylic acid groups (broad SMARTS) is 1. The van der Waals surface area contributed by atoms with Gasteiger partial charge in [0.05, 0.1) is 6.61 Å². The molecular weight excluding hydrogens is 171 g/mol. The number of aliphatic carboxylic acids is 1. The first-order chi connectivity index (χ1) is 5.04. The van der Waals surface area contributed by atoms with Crippen molar-refractivity contribution in [3.05, 3.63) is 12.7 Å². The Morgan fingerprint density at radius 1 is 1.82 bits per heavy atom. The topological polar surface area (TPSA) is 83.8 Å². The van der Waals surface area contributed by atoms with Crippen molar-refractivity contribution in [2.45, 2.75) is 6.92 Å². The summed E-state index contributed by atoms with van der Waals surface area (Å²) in [6, 6.07) is 0. The Labute approximate surface area is 65.3 Å². The minimum atomic E-state index is -2.64. The first-order valence-corrected chi connectivity index (χ1v) is 4.02. The molecule has 0 aliphatic heterocycles. The summed E-state index contributed by atoms with van der Waals surface area (Å²) >= 11 is 0. The lowest BCUT2D eigenvalue weighted by molar-refractivity contribution is -0.131. The first-order valence-electron chi connectivity index (χ1n) is 2.75. The van der Waals surface area contributed by atoms with Crippen LogP contribution in [0.4, 0.5) is 0 Å². The lowest BCUT2D eigenvalue weighted by Crippen LogP contribution is -1.82. The van der Waals surface area contributed by atoms with Gasteiger partial charge in [-0.05, 0) is 6.92 Å². The van der Waals surface area contributed by atoms with Gasteiger partial charge in [-0.2, -0.15) is 0 Å². The average molecular weight is 182 g/mol. The van der Waals surface area contributed by atoms with Crippen LogP contribution in [0.15, 0.2) is 12.7 Å². The molecule has 0 saturated carbocycles. The van der Waals surface area contributed by atoms with Crippen molar-refractivity contribution in [1.82, 2.24) is 0 Å². The van der Waals surface area contributed by atoms with Gasteiger partial charge in [-0.1, -0.05) is 6.58 Å². The highest BCUT2D eigenvalue weighted by Crippen LogP contribution is 2.12. The fourth-order valence-corrected chi connectivity index (χ4v) is 0.370. The first kappa shape index (κ1) is 13.0. The van der Waals surface area contributed by atoms with Crippen LogP contribution in [0, 0.1) is 0 Å². The van der Waals surface area contributed by atoms with Crippen molar-refractivity contribution >= 4 is 14.2 Å². The minimum absolute atomic E-state index is 0.314. The van der Waals surface area contributed by atoms with Crippen LogP contribution in [0.3, 0.4) is 0 Å². The van der Waals surface area contributed by atoms with Gasteiger partial charge in [0.25, 0.3) is 0 Å². The average Bonchev–Trinajstić information content (AvgIpc) is 1.89. The summed E-state index contributed by atoms with van der Waals surface area (Å²) in [5, 5.41) is 7.60. The molecule has 2 N–H and O–H groups in total. The van der Waals surface area contributed by atoms with Gasteiger partial charge in [0.1, 0.15) is 0 Å². The smallest absolute Gasteiger partial charge is 0.327 e. The van der Waals surface area contributed by atoms with Crippen molar-refractivity contribution in [2.75, 3.05) is 6.61 Å². The van der Waals surface area contributed by atoms with E-state index in [1.54, 1.807) is 6.92 Å². The molecule has 0 spiro atoms. The van der Waals surface area contributed by atoms with E-state index in [1.807, 2.05) is 0 Å². The normalized spacial score (nSPS) is 10.7. The highest BCUT2D eigenvalue weighted by Gasteiger charge is 1.81. The Balaban J connectivity index is 0. The zero-order valence-corrected chi connectivity index (χ0v) is 7.11. The summed E-state index contributed by atoms with van der Waals surface area (Å²) < 4.78 is 13.7. The molecule has 66 valence electrons. The molecule has 0 aromatic carbocycles. The molecule has 5 nitrogen and oxygen atoms in total. The van der Waals surface area contributed by atoms with E-state index in [9.17, 15) is 9.36 Å². The Morgan fingerprint density at radius 2 is 2.18 bits per heavy atom. The Morgan fingerprint density at radius 3 is 2.18 bits per heavy atom. The van der Waals surface area contributed by atoms with Gasteiger partial charge in [0.2, 0.25) is 0 Å². The Bertz CT molecular complexity index is 144. The molecule has 0 heterocycles. The predicted molar refractivity (Wildman–Crippen MR) is 40.7 cm³/mol. The van der Waals surface area contributed by atoms with Crippen LogP contribution in [-0.2, 0) is 13.9 Å². The summed E-state index contributed by atoms with van der Waals surface area (Å²) in [6.07, 6.45) is 0.833. The van der Waals surface area contributed by atoms with E-state index in [2.05, 4.69) is 11.1 Å². The quantitative estimate of drug-likeness (QED) is 0.494. The molecule has 0 radical (unpaired) electrons. The highest BCUT2D eigenvalue weighted by atomic mass is 31.1. The molecule has 0 rings (SSSR count). The monoisotopic (exact) mass is 182 g/mol. The minimum Gasteiger partial charge on any atom is -0.478 e. The van der Waals surface area contributed by atoms with E-state index in [1.165, 1.54) is 0 Å². The summed E-state index contributed by atoms with van der Waals surface area (Å²) in [5.41, 5.74) is 0. The van der Waals surface area contributed by atoms with Gasteiger partial charge in [-0.3, -0.25) is 4.57 Å². The molecule has 6 heteroatoms. The van der Waals surface area contributed by atoms with Gasteiger partial charge >= 0.3 is 14.2 Å². The standard InChI is InChI=1S/C3H4O2.C2H7O3P/c1-2-3(4)5;1-2-5-6(3)4/h2H,1H2,(H,4,5);6H,2H2,1H3,(H,3,4). The second kappa shape index (κ2) is 9.36. The van der Waals surface area contributed by atoms with Gasteiger partial charge in [0.15, 0.2) is 0 Å². The summed E-state index contributed by atoms with van der Waals surface area (Å²) in [4.78, 5) is 17.1. The van der Waals surface area contributed by atoms with Crippen molar-refractivity contribution in [3.8, 4) is 0 Å².